The second-order valence-electron chi connectivity index (χ2n) is 5.81. The summed E-state index contributed by atoms with van der Waals surface area (Å²) >= 11 is 0. The van der Waals surface area contributed by atoms with E-state index in [1.165, 1.54) is 64.8 Å². The summed E-state index contributed by atoms with van der Waals surface area (Å²) in [5.41, 5.74) is 0.588. The smallest absolute Gasteiger partial charge is 0.0595 e. The van der Waals surface area contributed by atoms with Crippen molar-refractivity contribution in [3.63, 3.8) is 0 Å². The Bertz CT molecular complexity index is 218. The first-order chi connectivity index (χ1) is 8.28. The van der Waals surface area contributed by atoms with Crippen LogP contribution in [0, 0.1) is 5.41 Å². The van der Waals surface area contributed by atoms with Crippen LogP contribution in [0.2, 0.25) is 0 Å². The highest BCUT2D eigenvalue weighted by atomic mass is 16.5. The summed E-state index contributed by atoms with van der Waals surface area (Å²) in [4.78, 5) is 2.67. The zero-order valence-corrected chi connectivity index (χ0v) is 11.5. The number of methoxy groups -OCH3 is 1. The molecule has 2 saturated heterocycles. The number of hydrogen-bond acceptors (Lipinski definition) is 3. The van der Waals surface area contributed by atoms with E-state index in [0.29, 0.717) is 11.5 Å². The molecule has 2 aliphatic rings. The fourth-order valence-electron chi connectivity index (χ4n) is 3.36. The fraction of sp³-hybridized carbons (Fsp3) is 1.00. The van der Waals surface area contributed by atoms with Gasteiger partial charge in [-0.15, -0.1) is 0 Å². The predicted octanol–water partition coefficient (Wildman–Crippen LogP) is 1.88. The largest absolute Gasteiger partial charge is 0.381 e. The lowest BCUT2D eigenvalue weighted by Gasteiger charge is -2.43. The molecule has 0 radical (unpaired) electrons. The molecule has 2 fully saturated rings. The third-order valence-corrected chi connectivity index (χ3v) is 4.84. The Morgan fingerprint density at radius 1 is 1.24 bits per heavy atom. The molecule has 2 rings (SSSR count). The van der Waals surface area contributed by atoms with Gasteiger partial charge in [0.15, 0.2) is 0 Å². The molecule has 3 nitrogen and oxygen atoms in total. The van der Waals surface area contributed by atoms with Crippen molar-refractivity contribution in [2.75, 3.05) is 39.8 Å². The van der Waals surface area contributed by atoms with Gasteiger partial charge < -0.3 is 15.0 Å². The lowest BCUT2D eigenvalue weighted by Crippen LogP contribution is -2.47. The molecular weight excluding hydrogens is 212 g/mol. The summed E-state index contributed by atoms with van der Waals surface area (Å²) in [6.07, 6.45) is 6.99. The Hall–Kier alpha value is -0.120. The van der Waals surface area contributed by atoms with Gasteiger partial charge in [-0.2, -0.15) is 0 Å². The molecule has 2 heterocycles. The van der Waals surface area contributed by atoms with Crippen LogP contribution in [0.15, 0.2) is 0 Å². The van der Waals surface area contributed by atoms with Crippen LogP contribution in [-0.2, 0) is 4.74 Å². The van der Waals surface area contributed by atoms with Gasteiger partial charge in [0.25, 0.3) is 0 Å². The summed E-state index contributed by atoms with van der Waals surface area (Å²) < 4.78 is 5.44. The maximum Gasteiger partial charge on any atom is 0.0595 e. The number of piperidine rings is 2. The first-order valence-corrected chi connectivity index (χ1v) is 7.24. The van der Waals surface area contributed by atoms with Crippen molar-refractivity contribution in [1.29, 1.82) is 0 Å². The van der Waals surface area contributed by atoms with Gasteiger partial charge in [0.2, 0.25) is 0 Å². The lowest BCUT2D eigenvalue weighted by atomic mass is 9.76. The van der Waals surface area contributed by atoms with Crippen LogP contribution in [0.3, 0.4) is 0 Å². The molecule has 0 unspecified atom stereocenters. The number of likely N-dealkylation sites (tertiary alicyclic amines) is 1. The Morgan fingerprint density at radius 3 is 2.41 bits per heavy atom. The topological polar surface area (TPSA) is 24.5 Å². The van der Waals surface area contributed by atoms with E-state index < -0.39 is 0 Å². The number of hydrogen-bond donors (Lipinski definition) is 1. The highest BCUT2D eigenvalue weighted by molar-refractivity contribution is 4.87. The Balaban J connectivity index is 1.82. The molecule has 0 aromatic rings. The average molecular weight is 240 g/mol. The molecule has 3 heteroatoms. The minimum Gasteiger partial charge on any atom is -0.381 e. The molecule has 0 aromatic heterocycles. The molecule has 2 aliphatic heterocycles. The Morgan fingerprint density at radius 2 is 1.88 bits per heavy atom. The van der Waals surface area contributed by atoms with E-state index in [4.69, 9.17) is 4.74 Å². The van der Waals surface area contributed by atoms with Gasteiger partial charge in [-0.05, 0) is 50.6 Å². The van der Waals surface area contributed by atoms with Crippen LogP contribution in [0.5, 0.6) is 0 Å². The van der Waals surface area contributed by atoms with Crippen molar-refractivity contribution in [2.24, 2.45) is 5.41 Å². The fourth-order valence-corrected chi connectivity index (χ4v) is 3.36. The highest BCUT2D eigenvalue weighted by Gasteiger charge is 2.33. The molecule has 0 aromatic carbocycles. The normalized spacial score (nSPS) is 27.2. The second-order valence-corrected chi connectivity index (χ2v) is 5.81. The third-order valence-electron chi connectivity index (χ3n) is 4.84. The van der Waals surface area contributed by atoms with Crippen molar-refractivity contribution in [3.05, 3.63) is 0 Å². The SMILES string of the molecule is CCC1(CN2CCC(OC)CC2)CCNCC1. The van der Waals surface area contributed by atoms with E-state index in [9.17, 15) is 0 Å². The van der Waals surface area contributed by atoms with Gasteiger partial charge in [-0.1, -0.05) is 6.92 Å². The van der Waals surface area contributed by atoms with Gasteiger partial charge in [0, 0.05) is 26.7 Å². The van der Waals surface area contributed by atoms with E-state index >= 15 is 0 Å². The Labute approximate surface area is 106 Å². The quantitative estimate of drug-likeness (QED) is 0.812. The molecule has 0 atom stereocenters. The van der Waals surface area contributed by atoms with Crippen LogP contribution in [0.4, 0.5) is 0 Å². The van der Waals surface area contributed by atoms with E-state index in [2.05, 4.69) is 17.1 Å². The van der Waals surface area contributed by atoms with E-state index in [0.717, 1.165) is 0 Å². The minimum atomic E-state index is 0.511. The van der Waals surface area contributed by atoms with Crippen molar-refractivity contribution in [2.45, 2.75) is 45.1 Å². The first kappa shape index (κ1) is 13.3. The molecular formula is C14H28N2O. The predicted molar refractivity (Wildman–Crippen MR) is 71.3 cm³/mol. The second kappa shape index (κ2) is 6.17. The van der Waals surface area contributed by atoms with Gasteiger partial charge >= 0.3 is 0 Å². The molecule has 17 heavy (non-hydrogen) atoms. The van der Waals surface area contributed by atoms with Crippen molar-refractivity contribution in [1.82, 2.24) is 10.2 Å². The van der Waals surface area contributed by atoms with Crippen LogP contribution in [-0.4, -0.2) is 50.8 Å². The zero-order valence-electron chi connectivity index (χ0n) is 11.5. The minimum absolute atomic E-state index is 0.511. The molecule has 0 spiro atoms. The molecule has 0 aliphatic carbocycles. The average Bonchev–Trinajstić information content (AvgIpc) is 2.41. The van der Waals surface area contributed by atoms with E-state index in [1.807, 2.05) is 7.11 Å². The van der Waals surface area contributed by atoms with E-state index in [-0.39, 0.29) is 0 Å². The summed E-state index contributed by atoms with van der Waals surface area (Å²) in [5, 5.41) is 3.49. The lowest BCUT2D eigenvalue weighted by molar-refractivity contribution is 0.0192. The van der Waals surface area contributed by atoms with Crippen molar-refractivity contribution >= 4 is 0 Å². The van der Waals surface area contributed by atoms with Gasteiger partial charge in [-0.3, -0.25) is 0 Å². The monoisotopic (exact) mass is 240 g/mol. The first-order valence-electron chi connectivity index (χ1n) is 7.24. The molecule has 1 N–H and O–H groups in total. The maximum absolute atomic E-state index is 5.44. The third kappa shape index (κ3) is 3.43. The molecule has 0 saturated carbocycles. The van der Waals surface area contributed by atoms with Crippen LogP contribution < -0.4 is 5.32 Å². The van der Waals surface area contributed by atoms with Gasteiger partial charge in [0.05, 0.1) is 6.10 Å². The van der Waals surface area contributed by atoms with Crippen LogP contribution in [0.1, 0.15) is 39.0 Å². The van der Waals surface area contributed by atoms with E-state index in [1.54, 1.807) is 0 Å². The van der Waals surface area contributed by atoms with Crippen LogP contribution >= 0.6 is 0 Å². The highest BCUT2D eigenvalue weighted by Crippen LogP contribution is 2.34. The molecule has 100 valence electrons. The summed E-state index contributed by atoms with van der Waals surface area (Å²) in [6.45, 7) is 8.56. The number of ether oxygens (including phenoxy) is 1. The van der Waals surface area contributed by atoms with Crippen molar-refractivity contribution in [3.8, 4) is 0 Å². The van der Waals surface area contributed by atoms with Gasteiger partial charge in [0.1, 0.15) is 0 Å². The standard InChI is InChI=1S/C14H28N2O/c1-3-14(6-8-15-9-7-14)12-16-10-4-13(17-2)5-11-16/h13,15H,3-12H2,1-2H3. The molecule has 0 amide bonds. The number of rotatable bonds is 4. The number of nitrogens with one attached hydrogen (secondary N) is 1. The number of nitrogens with zero attached hydrogens (tertiary/aromatic N) is 1. The van der Waals surface area contributed by atoms with Gasteiger partial charge in [-0.25, -0.2) is 0 Å². The van der Waals surface area contributed by atoms with Crippen molar-refractivity contribution < 1.29 is 4.74 Å². The summed E-state index contributed by atoms with van der Waals surface area (Å²) in [7, 11) is 1.85. The Kier molecular flexibility index (Phi) is 4.83. The zero-order chi connectivity index (χ0) is 12.1. The summed E-state index contributed by atoms with van der Waals surface area (Å²) in [6, 6.07) is 0. The summed E-state index contributed by atoms with van der Waals surface area (Å²) in [5.74, 6) is 0. The molecule has 0 bridgehead atoms. The maximum atomic E-state index is 5.44. The van der Waals surface area contributed by atoms with Crippen LogP contribution in [0.25, 0.3) is 0 Å².